The van der Waals surface area contributed by atoms with Crippen LogP contribution in [0.3, 0.4) is 0 Å². The molecule has 0 bridgehead atoms. The highest BCUT2D eigenvalue weighted by Crippen LogP contribution is 2.29. The van der Waals surface area contributed by atoms with E-state index >= 15 is 0 Å². The van der Waals surface area contributed by atoms with Crippen LogP contribution in [0, 0.1) is 5.92 Å². The van der Waals surface area contributed by atoms with Gasteiger partial charge in [0.05, 0.1) is 0 Å². The van der Waals surface area contributed by atoms with Gasteiger partial charge in [-0.2, -0.15) is 0 Å². The molecule has 2 N–H and O–H groups in total. The fourth-order valence-corrected chi connectivity index (χ4v) is 4.65. The van der Waals surface area contributed by atoms with Gasteiger partial charge in [-0.15, -0.1) is 11.3 Å². The lowest BCUT2D eigenvalue weighted by Gasteiger charge is -2.13. The highest BCUT2D eigenvalue weighted by molar-refractivity contribution is 7.24. The minimum Gasteiger partial charge on any atom is -0.396 e. The molecule has 1 heterocycles. The number of aliphatic hydroxyl groups is 2. The van der Waals surface area contributed by atoms with E-state index in [1.807, 2.05) is 43.3 Å². The molecule has 7 heteroatoms. The molecule has 0 fully saturated rings. The number of hydrogen-bond acceptors (Lipinski definition) is 6. The van der Waals surface area contributed by atoms with Crippen LogP contribution >= 0.6 is 11.3 Å². The van der Waals surface area contributed by atoms with Gasteiger partial charge >= 0.3 is 0 Å². The van der Waals surface area contributed by atoms with Crippen molar-refractivity contribution in [1.82, 2.24) is 4.90 Å². The van der Waals surface area contributed by atoms with E-state index in [1.165, 1.54) is 0 Å². The monoisotopic (exact) mass is 529 g/mol. The lowest BCUT2D eigenvalue weighted by molar-refractivity contribution is -0.128. The fourth-order valence-electron chi connectivity index (χ4n) is 3.46. The van der Waals surface area contributed by atoms with Gasteiger partial charge in [-0.3, -0.25) is 9.59 Å². The molecule has 3 aromatic rings. The Morgan fingerprint density at radius 3 is 2.14 bits per heavy atom. The number of carbonyl (C=O) groups is 2. The summed E-state index contributed by atoms with van der Waals surface area (Å²) in [5.41, 5.74) is 1.95. The van der Waals surface area contributed by atoms with Crippen LogP contribution in [0.15, 0.2) is 41.2 Å². The number of aryl methyl sites for hydroxylation is 2. The minimum absolute atomic E-state index is 0.0183. The van der Waals surface area contributed by atoms with Gasteiger partial charge in [-0.05, 0) is 67.9 Å². The summed E-state index contributed by atoms with van der Waals surface area (Å²) in [6.07, 6.45) is 3.80. The number of ketones is 1. The zero-order valence-electron chi connectivity index (χ0n) is 23.2. The van der Waals surface area contributed by atoms with Crippen molar-refractivity contribution < 1.29 is 19.8 Å². The maximum atomic E-state index is 13.1. The molecule has 204 valence electrons. The van der Waals surface area contributed by atoms with Crippen molar-refractivity contribution in [2.75, 3.05) is 27.3 Å². The first-order valence-corrected chi connectivity index (χ1v) is 13.8. The van der Waals surface area contributed by atoms with E-state index in [0.717, 1.165) is 33.4 Å². The van der Waals surface area contributed by atoms with Gasteiger partial charge in [0.1, 0.15) is 5.78 Å². The Kier molecular flexibility index (Phi) is 14.9. The standard InChI is InChI=1S/C22H23NO3S.C5H12O.C3H8O/c1-14(24)8-9-15-12-16(10-11-20(25)23(2)3)21-19(13-15)27-18-7-5-4-6-17(18)22(21)26;1-5(2)3-4-6;1-2-3-4/h4-7,12-13H,8-11H2,1-3H3;5-6H,3-4H2,1-2H3;4H,2-3H2,1H3. The van der Waals surface area contributed by atoms with Crippen molar-refractivity contribution in [1.29, 1.82) is 0 Å². The van der Waals surface area contributed by atoms with Crippen molar-refractivity contribution in [2.24, 2.45) is 5.92 Å². The van der Waals surface area contributed by atoms with Gasteiger partial charge in [0.2, 0.25) is 5.91 Å². The summed E-state index contributed by atoms with van der Waals surface area (Å²) in [7, 11) is 3.47. The molecular weight excluding hydrogens is 486 g/mol. The lowest BCUT2D eigenvalue weighted by atomic mass is 9.98. The fraction of sp³-hybridized carbons (Fsp3) is 0.500. The molecule has 0 saturated heterocycles. The van der Waals surface area contributed by atoms with Crippen LogP contribution in [0.2, 0.25) is 0 Å². The number of aliphatic hydroxyl groups excluding tert-OH is 2. The minimum atomic E-state index is 0.0183. The SMILES string of the molecule is CC(=O)CCc1cc(CCC(=O)N(C)C)c2c(=O)c3ccccc3sc2c1.CC(C)CCO.CCCO. The van der Waals surface area contributed by atoms with Gasteiger partial charge < -0.3 is 19.9 Å². The van der Waals surface area contributed by atoms with Gasteiger partial charge in [-0.25, -0.2) is 0 Å². The van der Waals surface area contributed by atoms with Crippen LogP contribution < -0.4 is 5.43 Å². The Labute approximate surface area is 224 Å². The van der Waals surface area contributed by atoms with Gasteiger partial charge in [0.15, 0.2) is 5.43 Å². The van der Waals surface area contributed by atoms with Gasteiger partial charge in [0, 0.05) is 60.3 Å². The van der Waals surface area contributed by atoms with E-state index < -0.39 is 0 Å². The molecule has 0 aliphatic rings. The molecule has 1 amide bonds. The van der Waals surface area contributed by atoms with Crippen molar-refractivity contribution in [2.45, 2.75) is 66.2 Å². The van der Waals surface area contributed by atoms with Crippen molar-refractivity contribution in [3.8, 4) is 0 Å². The summed E-state index contributed by atoms with van der Waals surface area (Å²) < 4.78 is 1.88. The summed E-state index contributed by atoms with van der Waals surface area (Å²) in [4.78, 5) is 38.1. The molecule has 0 aliphatic heterocycles. The first-order chi connectivity index (χ1) is 17.5. The first kappa shape index (κ1) is 32.4. The number of fused-ring (bicyclic) bond motifs is 2. The molecule has 0 aliphatic carbocycles. The summed E-state index contributed by atoms with van der Waals surface area (Å²) >= 11 is 1.59. The van der Waals surface area contributed by atoms with Crippen molar-refractivity contribution >= 4 is 43.2 Å². The van der Waals surface area contributed by atoms with E-state index in [4.69, 9.17) is 10.2 Å². The van der Waals surface area contributed by atoms with Crippen LogP contribution in [0.25, 0.3) is 20.2 Å². The largest absolute Gasteiger partial charge is 0.396 e. The first-order valence-electron chi connectivity index (χ1n) is 12.9. The van der Waals surface area contributed by atoms with Gasteiger partial charge in [0.25, 0.3) is 0 Å². The van der Waals surface area contributed by atoms with E-state index in [2.05, 4.69) is 13.8 Å². The Morgan fingerprint density at radius 2 is 1.62 bits per heavy atom. The normalized spacial score (nSPS) is 10.5. The second kappa shape index (κ2) is 17.0. The quantitative estimate of drug-likeness (QED) is 0.363. The molecule has 0 spiro atoms. The maximum Gasteiger partial charge on any atom is 0.222 e. The summed E-state index contributed by atoms with van der Waals surface area (Å²) in [5, 5.41) is 17.5. The molecule has 3 rings (SSSR count). The smallest absolute Gasteiger partial charge is 0.222 e. The van der Waals surface area contributed by atoms with E-state index in [1.54, 1.807) is 37.3 Å². The molecule has 0 atom stereocenters. The number of nitrogens with zero attached hydrogens (tertiary/aromatic N) is 1. The van der Waals surface area contributed by atoms with Crippen molar-refractivity contribution in [3.05, 3.63) is 57.7 Å². The number of hydrogen-bond donors (Lipinski definition) is 2. The van der Waals surface area contributed by atoms with Crippen LogP contribution in [0.5, 0.6) is 0 Å². The number of rotatable bonds is 9. The number of benzene rings is 2. The Hall–Kier alpha value is -2.61. The summed E-state index contributed by atoms with van der Waals surface area (Å²) in [5.74, 6) is 0.829. The molecular formula is C30H43NO5S. The Balaban J connectivity index is 0.000000583. The molecule has 37 heavy (non-hydrogen) atoms. The Bertz CT molecular complexity index is 1200. The van der Waals surface area contributed by atoms with Crippen LogP contribution in [0.4, 0.5) is 0 Å². The number of carbonyl (C=O) groups excluding carboxylic acids is 2. The van der Waals surface area contributed by atoms with E-state index in [0.29, 0.717) is 55.6 Å². The Morgan fingerprint density at radius 1 is 0.973 bits per heavy atom. The third-order valence-corrected chi connectivity index (χ3v) is 6.74. The molecule has 0 saturated carbocycles. The van der Waals surface area contributed by atoms with Gasteiger partial charge in [-0.1, -0.05) is 39.0 Å². The van der Waals surface area contributed by atoms with Crippen LogP contribution in [-0.2, 0) is 22.4 Å². The van der Waals surface area contributed by atoms with E-state index in [9.17, 15) is 14.4 Å². The summed E-state index contributed by atoms with van der Waals surface area (Å²) in [6, 6.07) is 11.6. The third kappa shape index (κ3) is 11.1. The molecule has 6 nitrogen and oxygen atoms in total. The van der Waals surface area contributed by atoms with Crippen LogP contribution in [-0.4, -0.2) is 54.1 Å². The second-order valence-corrected chi connectivity index (χ2v) is 10.8. The number of amides is 1. The molecule has 2 aromatic carbocycles. The lowest BCUT2D eigenvalue weighted by Crippen LogP contribution is -2.22. The summed E-state index contributed by atoms with van der Waals surface area (Å²) in [6.45, 7) is 8.35. The highest BCUT2D eigenvalue weighted by Gasteiger charge is 2.14. The molecule has 0 radical (unpaired) electrons. The van der Waals surface area contributed by atoms with Crippen LogP contribution in [0.1, 0.15) is 64.5 Å². The zero-order chi connectivity index (χ0) is 28.0. The van der Waals surface area contributed by atoms with Crippen molar-refractivity contribution in [3.63, 3.8) is 0 Å². The number of Topliss-reactive ketones (excluding diaryl/α,β-unsaturated/α-hetero) is 1. The highest BCUT2D eigenvalue weighted by atomic mass is 32.1. The third-order valence-electron chi connectivity index (χ3n) is 5.63. The zero-order valence-corrected chi connectivity index (χ0v) is 24.0. The average Bonchev–Trinajstić information content (AvgIpc) is 2.86. The van der Waals surface area contributed by atoms with E-state index in [-0.39, 0.29) is 17.1 Å². The topological polar surface area (TPSA) is 94.9 Å². The predicted molar refractivity (Wildman–Crippen MR) is 156 cm³/mol. The molecule has 0 unspecified atom stereocenters. The maximum absolute atomic E-state index is 13.1. The average molecular weight is 530 g/mol. The molecule has 1 aromatic heterocycles. The second-order valence-electron chi connectivity index (χ2n) is 9.68. The predicted octanol–water partition coefficient (Wildman–Crippen LogP) is 5.37.